The number of methoxy groups -OCH3 is 2. The minimum absolute atomic E-state index is 0.0219. The lowest BCUT2D eigenvalue weighted by Gasteiger charge is -2.32. The highest BCUT2D eigenvalue weighted by Crippen LogP contribution is 2.32. The lowest BCUT2D eigenvalue weighted by atomic mass is 9.99. The fourth-order valence-electron chi connectivity index (χ4n) is 2.52. The van der Waals surface area contributed by atoms with Gasteiger partial charge in [-0.25, -0.2) is 0 Å². The van der Waals surface area contributed by atoms with E-state index in [0.717, 1.165) is 30.0 Å². The summed E-state index contributed by atoms with van der Waals surface area (Å²) in [4.78, 5) is 0. The zero-order chi connectivity index (χ0) is 15.1. The number of ether oxygens (including phenoxy) is 4. The van der Waals surface area contributed by atoms with Crippen molar-refractivity contribution < 1.29 is 18.9 Å². The van der Waals surface area contributed by atoms with Crippen LogP contribution >= 0.6 is 0 Å². The van der Waals surface area contributed by atoms with Gasteiger partial charge in [0.05, 0.1) is 40.1 Å². The number of benzene rings is 1. The predicted octanol–water partition coefficient (Wildman–Crippen LogP) is 2.16. The molecule has 0 saturated carbocycles. The third-order valence-electron chi connectivity index (χ3n) is 3.60. The van der Waals surface area contributed by atoms with Crippen molar-refractivity contribution in [1.82, 2.24) is 5.32 Å². The van der Waals surface area contributed by atoms with E-state index in [0.29, 0.717) is 19.8 Å². The average molecular weight is 295 g/mol. The van der Waals surface area contributed by atoms with Gasteiger partial charge in [-0.05, 0) is 31.2 Å². The van der Waals surface area contributed by atoms with E-state index in [9.17, 15) is 0 Å². The molecule has 1 N–H and O–H groups in total. The largest absolute Gasteiger partial charge is 0.497 e. The van der Waals surface area contributed by atoms with E-state index < -0.39 is 0 Å². The summed E-state index contributed by atoms with van der Waals surface area (Å²) in [6.07, 6.45) is 1.03. The Morgan fingerprint density at radius 1 is 1.29 bits per heavy atom. The second-order valence-corrected chi connectivity index (χ2v) is 5.02. The topological polar surface area (TPSA) is 49.0 Å². The Morgan fingerprint density at radius 3 is 2.76 bits per heavy atom. The summed E-state index contributed by atoms with van der Waals surface area (Å²) in [5.41, 5.74) is 1.04. The molecule has 1 heterocycles. The maximum atomic E-state index is 5.88. The van der Waals surface area contributed by atoms with Crippen LogP contribution in [0.5, 0.6) is 11.5 Å². The molecular weight excluding hydrogens is 270 g/mol. The van der Waals surface area contributed by atoms with Crippen LogP contribution in [0, 0.1) is 0 Å². The number of hydrogen-bond acceptors (Lipinski definition) is 5. The Morgan fingerprint density at radius 2 is 2.14 bits per heavy atom. The van der Waals surface area contributed by atoms with Crippen LogP contribution in [0.4, 0.5) is 0 Å². The van der Waals surface area contributed by atoms with Crippen molar-refractivity contribution in [1.29, 1.82) is 0 Å². The van der Waals surface area contributed by atoms with Gasteiger partial charge in [-0.15, -0.1) is 0 Å². The van der Waals surface area contributed by atoms with E-state index >= 15 is 0 Å². The molecule has 1 aromatic carbocycles. The second-order valence-electron chi connectivity index (χ2n) is 5.02. The zero-order valence-electron chi connectivity index (χ0n) is 13.1. The molecule has 1 aliphatic heterocycles. The lowest BCUT2D eigenvalue weighted by Crippen LogP contribution is -2.41. The molecule has 0 aliphatic carbocycles. The van der Waals surface area contributed by atoms with Crippen LogP contribution in [-0.2, 0) is 9.47 Å². The van der Waals surface area contributed by atoms with Crippen molar-refractivity contribution in [3.8, 4) is 11.5 Å². The van der Waals surface area contributed by atoms with E-state index in [1.807, 2.05) is 18.2 Å². The van der Waals surface area contributed by atoms with Crippen LogP contribution in [0.1, 0.15) is 24.9 Å². The van der Waals surface area contributed by atoms with Crippen molar-refractivity contribution in [2.75, 3.05) is 40.6 Å². The first-order chi connectivity index (χ1) is 10.3. The Labute approximate surface area is 126 Å². The van der Waals surface area contributed by atoms with Gasteiger partial charge in [0.25, 0.3) is 0 Å². The standard InChI is InChI=1S/C16H25NO4/c1-4-7-17-16(15-11-20-8-9-21-15)13-10-12(18-2)5-6-14(13)19-3/h5-6,10,15-17H,4,7-9,11H2,1-3H3. The zero-order valence-corrected chi connectivity index (χ0v) is 13.1. The van der Waals surface area contributed by atoms with Crippen molar-refractivity contribution in [3.05, 3.63) is 23.8 Å². The van der Waals surface area contributed by atoms with Gasteiger partial charge < -0.3 is 24.3 Å². The average Bonchev–Trinajstić information content (AvgIpc) is 2.56. The van der Waals surface area contributed by atoms with Crippen molar-refractivity contribution in [2.45, 2.75) is 25.5 Å². The summed E-state index contributed by atoms with van der Waals surface area (Å²) >= 11 is 0. The predicted molar refractivity (Wildman–Crippen MR) is 81.1 cm³/mol. The molecular formula is C16H25NO4. The molecule has 0 aromatic heterocycles. The second kappa shape index (κ2) is 8.22. The first-order valence-electron chi connectivity index (χ1n) is 7.44. The molecule has 0 amide bonds. The van der Waals surface area contributed by atoms with Gasteiger partial charge in [-0.3, -0.25) is 0 Å². The molecule has 2 atom stereocenters. The van der Waals surface area contributed by atoms with E-state index in [4.69, 9.17) is 18.9 Å². The maximum Gasteiger partial charge on any atom is 0.124 e. The van der Waals surface area contributed by atoms with Gasteiger partial charge in [0, 0.05) is 5.56 Å². The summed E-state index contributed by atoms with van der Waals surface area (Å²) in [6, 6.07) is 5.86. The highest BCUT2D eigenvalue weighted by molar-refractivity contribution is 5.42. The molecule has 0 radical (unpaired) electrons. The quantitative estimate of drug-likeness (QED) is 0.835. The highest BCUT2D eigenvalue weighted by atomic mass is 16.6. The summed E-state index contributed by atoms with van der Waals surface area (Å²) in [5, 5.41) is 3.54. The third-order valence-corrected chi connectivity index (χ3v) is 3.60. The van der Waals surface area contributed by atoms with Crippen LogP contribution in [0.3, 0.4) is 0 Å². The normalized spacial score (nSPS) is 20.0. The van der Waals surface area contributed by atoms with Crippen LogP contribution in [0.25, 0.3) is 0 Å². The first-order valence-corrected chi connectivity index (χ1v) is 7.44. The van der Waals surface area contributed by atoms with E-state index in [1.54, 1.807) is 14.2 Å². The van der Waals surface area contributed by atoms with Gasteiger partial charge in [-0.2, -0.15) is 0 Å². The van der Waals surface area contributed by atoms with Gasteiger partial charge in [0.1, 0.15) is 17.6 Å². The van der Waals surface area contributed by atoms with Crippen LogP contribution in [-0.4, -0.2) is 46.7 Å². The van der Waals surface area contributed by atoms with Crippen molar-refractivity contribution >= 4 is 0 Å². The monoisotopic (exact) mass is 295 g/mol. The summed E-state index contributed by atoms with van der Waals surface area (Å²) in [5.74, 6) is 1.64. The summed E-state index contributed by atoms with van der Waals surface area (Å²) in [7, 11) is 3.35. The van der Waals surface area contributed by atoms with Gasteiger partial charge in [-0.1, -0.05) is 6.92 Å². The summed E-state index contributed by atoms with van der Waals surface area (Å²) < 4.78 is 22.3. The van der Waals surface area contributed by atoms with Gasteiger partial charge >= 0.3 is 0 Å². The Bertz CT molecular complexity index is 432. The third kappa shape index (κ3) is 4.09. The van der Waals surface area contributed by atoms with Crippen molar-refractivity contribution in [3.63, 3.8) is 0 Å². The van der Waals surface area contributed by atoms with E-state index in [1.165, 1.54) is 0 Å². The molecule has 0 spiro atoms. The molecule has 21 heavy (non-hydrogen) atoms. The van der Waals surface area contributed by atoms with Crippen LogP contribution in [0.15, 0.2) is 18.2 Å². The van der Waals surface area contributed by atoms with Crippen LogP contribution < -0.4 is 14.8 Å². The fourth-order valence-corrected chi connectivity index (χ4v) is 2.52. The van der Waals surface area contributed by atoms with Crippen LogP contribution in [0.2, 0.25) is 0 Å². The molecule has 1 saturated heterocycles. The number of rotatable bonds is 7. The molecule has 2 unspecified atom stereocenters. The Kier molecular flexibility index (Phi) is 6.29. The lowest BCUT2D eigenvalue weighted by molar-refractivity contribution is -0.102. The molecule has 1 aliphatic rings. The Balaban J connectivity index is 2.29. The molecule has 0 bridgehead atoms. The smallest absolute Gasteiger partial charge is 0.124 e. The minimum Gasteiger partial charge on any atom is -0.497 e. The van der Waals surface area contributed by atoms with E-state index in [-0.39, 0.29) is 12.1 Å². The molecule has 5 nitrogen and oxygen atoms in total. The molecule has 118 valence electrons. The number of hydrogen-bond donors (Lipinski definition) is 1. The molecule has 1 aromatic rings. The molecule has 1 fully saturated rings. The molecule has 5 heteroatoms. The Hall–Kier alpha value is -1.30. The van der Waals surface area contributed by atoms with Gasteiger partial charge in [0.15, 0.2) is 0 Å². The maximum absolute atomic E-state index is 5.88. The fraction of sp³-hybridized carbons (Fsp3) is 0.625. The molecule has 2 rings (SSSR count). The number of nitrogens with one attached hydrogen (secondary N) is 1. The first kappa shape index (κ1) is 16.1. The minimum atomic E-state index is -0.0219. The van der Waals surface area contributed by atoms with Crippen molar-refractivity contribution in [2.24, 2.45) is 0 Å². The van der Waals surface area contributed by atoms with E-state index in [2.05, 4.69) is 12.2 Å². The van der Waals surface area contributed by atoms with Gasteiger partial charge in [0.2, 0.25) is 0 Å². The highest BCUT2D eigenvalue weighted by Gasteiger charge is 2.28. The SMILES string of the molecule is CCCNC(c1cc(OC)ccc1OC)C1COCCO1. The summed E-state index contributed by atoms with van der Waals surface area (Å²) in [6.45, 7) is 4.92.